The van der Waals surface area contributed by atoms with Gasteiger partial charge in [0, 0.05) is 25.4 Å². The van der Waals surface area contributed by atoms with Crippen molar-refractivity contribution in [2.75, 3.05) is 26.3 Å². The number of hydrogen-bond acceptors (Lipinski definition) is 4. The molecule has 1 aromatic carbocycles. The van der Waals surface area contributed by atoms with Crippen LogP contribution >= 0.6 is 0 Å². The molecule has 3 rings (SSSR count). The molecule has 0 aliphatic carbocycles. The first-order chi connectivity index (χ1) is 11.1. The van der Waals surface area contributed by atoms with E-state index in [9.17, 15) is 13.2 Å². The first-order valence-electron chi connectivity index (χ1n) is 7.40. The number of pyridine rings is 1. The highest BCUT2D eigenvalue weighted by Gasteiger charge is 2.26. The number of morpholine rings is 1. The molecule has 1 aromatic heterocycles. The topological polar surface area (TPSA) is 68.6 Å². The molecule has 1 aliphatic heterocycles. The van der Waals surface area contributed by atoms with Gasteiger partial charge < -0.3 is 9.30 Å². The van der Waals surface area contributed by atoms with E-state index in [4.69, 9.17) is 4.74 Å². The molecule has 0 radical (unpaired) electrons. The van der Waals surface area contributed by atoms with E-state index in [1.807, 2.05) is 30.3 Å². The molecule has 7 heteroatoms. The number of benzene rings is 1. The molecule has 1 fully saturated rings. The Hall–Kier alpha value is -1.96. The summed E-state index contributed by atoms with van der Waals surface area (Å²) in [5.74, 6) is 0. The van der Waals surface area contributed by atoms with Crippen LogP contribution in [0.15, 0.2) is 58.4 Å². The number of sulfonamides is 1. The van der Waals surface area contributed by atoms with Crippen LogP contribution in [0.4, 0.5) is 0 Å². The predicted octanol–water partition coefficient (Wildman–Crippen LogP) is 0.917. The van der Waals surface area contributed by atoms with E-state index in [0.29, 0.717) is 32.8 Å². The Balaban J connectivity index is 1.92. The molecule has 0 atom stereocenters. The van der Waals surface area contributed by atoms with E-state index >= 15 is 0 Å². The van der Waals surface area contributed by atoms with Gasteiger partial charge in [-0.1, -0.05) is 30.3 Å². The van der Waals surface area contributed by atoms with Crippen molar-refractivity contribution in [2.24, 2.45) is 0 Å². The predicted molar refractivity (Wildman–Crippen MR) is 85.8 cm³/mol. The molecule has 0 saturated carbocycles. The van der Waals surface area contributed by atoms with E-state index in [2.05, 4.69) is 0 Å². The van der Waals surface area contributed by atoms with Crippen LogP contribution in [-0.4, -0.2) is 43.6 Å². The number of hydrogen-bond donors (Lipinski definition) is 0. The van der Waals surface area contributed by atoms with Crippen LogP contribution in [0.5, 0.6) is 0 Å². The Morgan fingerprint density at radius 1 is 1.00 bits per heavy atom. The summed E-state index contributed by atoms with van der Waals surface area (Å²) in [7, 11) is -3.60. The smallest absolute Gasteiger partial charge is 0.250 e. The van der Waals surface area contributed by atoms with Gasteiger partial charge in [-0.15, -0.1) is 0 Å². The highest BCUT2D eigenvalue weighted by atomic mass is 32.2. The summed E-state index contributed by atoms with van der Waals surface area (Å²) in [5.41, 5.74) is 0.713. The van der Waals surface area contributed by atoms with Crippen LogP contribution in [0.3, 0.4) is 0 Å². The van der Waals surface area contributed by atoms with E-state index in [1.54, 1.807) is 0 Å². The van der Waals surface area contributed by atoms with E-state index in [0.717, 1.165) is 5.56 Å². The van der Waals surface area contributed by atoms with Gasteiger partial charge in [0.2, 0.25) is 10.0 Å². The largest absolute Gasteiger partial charge is 0.379 e. The number of ether oxygens (including phenoxy) is 1. The van der Waals surface area contributed by atoms with E-state index < -0.39 is 10.0 Å². The maximum Gasteiger partial charge on any atom is 0.250 e. The zero-order chi connectivity index (χ0) is 16.3. The lowest BCUT2D eigenvalue weighted by Crippen LogP contribution is -2.41. The summed E-state index contributed by atoms with van der Waals surface area (Å²) in [6.07, 6.45) is 1.42. The second kappa shape index (κ2) is 6.66. The molecular formula is C16H18N2O4S. The van der Waals surface area contributed by atoms with Gasteiger partial charge in [0.1, 0.15) is 0 Å². The third-order valence-electron chi connectivity index (χ3n) is 3.76. The summed E-state index contributed by atoms with van der Waals surface area (Å²) >= 11 is 0. The second-order valence-electron chi connectivity index (χ2n) is 5.33. The fourth-order valence-electron chi connectivity index (χ4n) is 2.50. The molecule has 0 N–H and O–H groups in total. The fraction of sp³-hybridized carbons (Fsp3) is 0.312. The van der Waals surface area contributed by atoms with Crippen molar-refractivity contribution in [3.63, 3.8) is 0 Å². The molecule has 1 saturated heterocycles. The quantitative estimate of drug-likeness (QED) is 0.834. The first kappa shape index (κ1) is 15.9. The van der Waals surface area contributed by atoms with Crippen molar-refractivity contribution < 1.29 is 13.2 Å². The Kier molecular flexibility index (Phi) is 4.61. The molecule has 2 heterocycles. The lowest BCUT2D eigenvalue weighted by Gasteiger charge is -2.26. The molecule has 0 unspecified atom stereocenters. The zero-order valence-electron chi connectivity index (χ0n) is 12.6. The molecular weight excluding hydrogens is 316 g/mol. The highest BCUT2D eigenvalue weighted by molar-refractivity contribution is 7.89. The monoisotopic (exact) mass is 334 g/mol. The van der Waals surface area contributed by atoms with Crippen molar-refractivity contribution in [1.29, 1.82) is 0 Å². The van der Waals surface area contributed by atoms with Crippen LogP contribution in [0.1, 0.15) is 5.56 Å². The number of aromatic nitrogens is 1. The van der Waals surface area contributed by atoms with Gasteiger partial charge in [0.05, 0.1) is 24.7 Å². The van der Waals surface area contributed by atoms with Gasteiger partial charge in [-0.05, 0) is 11.6 Å². The van der Waals surface area contributed by atoms with Gasteiger partial charge in [-0.25, -0.2) is 8.42 Å². The van der Waals surface area contributed by atoms with Crippen LogP contribution in [0.2, 0.25) is 0 Å². The molecule has 2 aromatic rings. The summed E-state index contributed by atoms with van der Waals surface area (Å²) in [4.78, 5) is 12.1. The van der Waals surface area contributed by atoms with Crippen molar-refractivity contribution in [2.45, 2.75) is 11.4 Å². The summed E-state index contributed by atoms with van der Waals surface area (Å²) in [6.45, 7) is 1.79. The molecule has 0 spiro atoms. The SMILES string of the molecule is O=c1ccc(S(=O)(=O)N2CCOCC2)cn1Cc1ccccc1. The highest BCUT2D eigenvalue weighted by Crippen LogP contribution is 2.16. The van der Waals surface area contributed by atoms with Gasteiger partial charge in [-0.3, -0.25) is 4.79 Å². The maximum atomic E-state index is 12.7. The Morgan fingerprint density at radius 2 is 1.70 bits per heavy atom. The van der Waals surface area contributed by atoms with Gasteiger partial charge in [0.25, 0.3) is 5.56 Å². The third-order valence-corrected chi connectivity index (χ3v) is 5.64. The van der Waals surface area contributed by atoms with E-state index in [1.165, 1.54) is 27.2 Å². The second-order valence-corrected chi connectivity index (χ2v) is 7.27. The minimum atomic E-state index is -3.60. The average Bonchev–Trinajstić information content (AvgIpc) is 2.58. The fourth-order valence-corrected chi connectivity index (χ4v) is 3.93. The zero-order valence-corrected chi connectivity index (χ0v) is 13.4. The Labute approximate surface area is 135 Å². The number of nitrogens with zero attached hydrogens (tertiary/aromatic N) is 2. The standard InChI is InChI=1S/C16H18N2O4S/c19-16-7-6-15(23(20,21)18-8-10-22-11-9-18)13-17(16)12-14-4-2-1-3-5-14/h1-7,13H,8-12H2. The maximum absolute atomic E-state index is 12.7. The molecule has 6 nitrogen and oxygen atoms in total. The molecule has 1 aliphatic rings. The minimum absolute atomic E-state index is 0.134. The van der Waals surface area contributed by atoms with Crippen molar-refractivity contribution in [3.05, 3.63) is 64.6 Å². The van der Waals surface area contributed by atoms with E-state index in [-0.39, 0.29) is 10.5 Å². The lowest BCUT2D eigenvalue weighted by molar-refractivity contribution is 0.0730. The Morgan fingerprint density at radius 3 is 2.39 bits per heavy atom. The number of rotatable bonds is 4. The van der Waals surface area contributed by atoms with Gasteiger partial charge >= 0.3 is 0 Å². The normalized spacial score (nSPS) is 16.3. The Bertz CT molecular complexity index is 825. The third kappa shape index (κ3) is 3.52. The summed E-state index contributed by atoms with van der Waals surface area (Å²) < 4.78 is 33.3. The summed E-state index contributed by atoms with van der Waals surface area (Å²) in [6, 6.07) is 12.1. The first-order valence-corrected chi connectivity index (χ1v) is 8.84. The lowest BCUT2D eigenvalue weighted by atomic mass is 10.2. The van der Waals surface area contributed by atoms with Crippen LogP contribution in [-0.2, 0) is 21.3 Å². The van der Waals surface area contributed by atoms with Gasteiger partial charge in [0.15, 0.2) is 0 Å². The van der Waals surface area contributed by atoms with Crippen molar-refractivity contribution >= 4 is 10.0 Å². The van der Waals surface area contributed by atoms with Crippen molar-refractivity contribution in [3.8, 4) is 0 Å². The molecule has 0 bridgehead atoms. The van der Waals surface area contributed by atoms with Crippen LogP contribution in [0.25, 0.3) is 0 Å². The van der Waals surface area contributed by atoms with Crippen molar-refractivity contribution in [1.82, 2.24) is 8.87 Å². The minimum Gasteiger partial charge on any atom is -0.379 e. The van der Waals surface area contributed by atoms with Gasteiger partial charge in [-0.2, -0.15) is 4.31 Å². The average molecular weight is 334 g/mol. The molecule has 122 valence electrons. The van der Waals surface area contributed by atoms with Crippen LogP contribution in [0, 0.1) is 0 Å². The molecule has 23 heavy (non-hydrogen) atoms. The van der Waals surface area contributed by atoms with Crippen LogP contribution < -0.4 is 5.56 Å². The summed E-state index contributed by atoms with van der Waals surface area (Å²) in [5, 5.41) is 0. The molecule has 0 amide bonds.